The molecule has 0 aliphatic rings. The Bertz CT molecular complexity index is 707. The van der Waals surface area contributed by atoms with Gasteiger partial charge in [0.15, 0.2) is 11.5 Å². The van der Waals surface area contributed by atoms with E-state index in [2.05, 4.69) is 4.74 Å². The number of anilines is 1. The van der Waals surface area contributed by atoms with Gasteiger partial charge in [0.2, 0.25) is 0 Å². The Hall–Kier alpha value is -2.12. The van der Waals surface area contributed by atoms with E-state index in [1.807, 2.05) is 0 Å². The number of alkyl halides is 3. The Morgan fingerprint density at radius 2 is 1.87 bits per heavy atom. The number of hydrogen-bond donors (Lipinski definition) is 2. The van der Waals surface area contributed by atoms with Crippen molar-refractivity contribution in [3.8, 4) is 11.5 Å². The maximum absolute atomic E-state index is 12.6. The second kappa shape index (κ2) is 6.55. The van der Waals surface area contributed by atoms with Crippen molar-refractivity contribution < 1.29 is 27.8 Å². The lowest BCUT2D eigenvalue weighted by Crippen LogP contribution is -2.19. The van der Waals surface area contributed by atoms with E-state index in [4.69, 9.17) is 22.1 Å². The number of rotatable bonds is 4. The van der Waals surface area contributed by atoms with Gasteiger partial charge in [0, 0.05) is 21.8 Å². The molecule has 8 heteroatoms. The van der Waals surface area contributed by atoms with Crippen LogP contribution in [0, 0.1) is 0 Å². The minimum atomic E-state index is -4.94. The van der Waals surface area contributed by atoms with Crippen molar-refractivity contribution in [2.24, 2.45) is 0 Å². The van der Waals surface area contributed by atoms with Crippen LogP contribution in [-0.2, 0) is 0 Å². The minimum absolute atomic E-state index is 0.143. The average molecular weight is 348 g/mol. The number of methoxy groups -OCH3 is 1. The molecule has 2 aromatic rings. The Morgan fingerprint density at radius 3 is 2.48 bits per heavy atom. The highest BCUT2D eigenvalue weighted by molar-refractivity contribution is 6.30. The van der Waals surface area contributed by atoms with Crippen molar-refractivity contribution in [1.29, 1.82) is 0 Å². The molecule has 2 aromatic carbocycles. The van der Waals surface area contributed by atoms with Gasteiger partial charge in [-0.1, -0.05) is 23.7 Å². The van der Waals surface area contributed by atoms with Crippen LogP contribution in [0.5, 0.6) is 11.5 Å². The van der Waals surface area contributed by atoms with Crippen molar-refractivity contribution in [2.45, 2.75) is 12.5 Å². The van der Waals surface area contributed by atoms with Crippen molar-refractivity contribution in [3.05, 3.63) is 52.5 Å². The van der Waals surface area contributed by atoms with Gasteiger partial charge in [-0.3, -0.25) is 0 Å². The summed E-state index contributed by atoms with van der Waals surface area (Å²) in [6.45, 7) is 0. The lowest BCUT2D eigenvalue weighted by Gasteiger charge is -2.20. The molecule has 0 bridgehead atoms. The fourth-order valence-electron chi connectivity index (χ4n) is 2.08. The first-order valence-corrected chi connectivity index (χ1v) is 6.76. The van der Waals surface area contributed by atoms with Crippen molar-refractivity contribution in [2.75, 3.05) is 12.8 Å². The van der Waals surface area contributed by atoms with E-state index in [0.29, 0.717) is 0 Å². The standard InChI is InChI=1S/C15H13ClF3NO3/c1-22-12-4-2-3-9(14(12)23-15(17,18)19)13(21)10-7-8(16)5-6-11(10)20/h2-7,13,21H,20H2,1H3. The third-order valence-electron chi connectivity index (χ3n) is 3.09. The Labute approximate surface area is 135 Å². The summed E-state index contributed by atoms with van der Waals surface area (Å²) in [5.74, 6) is -0.797. The summed E-state index contributed by atoms with van der Waals surface area (Å²) >= 11 is 5.85. The van der Waals surface area contributed by atoms with Crippen molar-refractivity contribution >= 4 is 17.3 Å². The number of aliphatic hydroxyl groups excluding tert-OH is 1. The monoisotopic (exact) mass is 347 g/mol. The Morgan fingerprint density at radius 1 is 1.17 bits per heavy atom. The summed E-state index contributed by atoms with van der Waals surface area (Å²) in [6.07, 6.45) is -6.41. The van der Waals surface area contributed by atoms with E-state index >= 15 is 0 Å². The zero-order chi connectivity index (χ0) is 17.2. The molecule has 0 saturated heterocycles. The number of nitrogen functional groups attached to an aromatic ring is 1. The number of halogens is 4. The van der Waals surface area contributed by atoms with Crippen LogP contribution in [0.1, 0.15) is 17.2 Å². The van der Waals surface area contributed by atoms with E-state index < -0.39 is 18.2 Å². The molecule has 0 fully saturated rings. The lowest BCUT2D eigenvalue weighted by molar-refractivity contribution is -0.275. The summed E-state index contributed by atoms with van der Waals surface area (Å²) in [5, 5.41) is 10.7. The van der Waals surface area contributed by atoms with Crippen LogP contribution in [0.2, 0.25) is 5.02 Å². The molecule has 0 aliphatic heterocycles. The normalized spacial score (nSPS) is 12.8. The number of nitrogens with two attached hydrogens (primary N) is 1. The smallest absolute Gasteiger partial charge is 0.493 e. The molecule has 0 spiro atoms. The van der Waals surface area contributed by atoms with Gasteiger partial charge in [0.05, 0.1) is 7.11 Å². The molecule has 23 heavy (non-hydrogen) atoms. The van der Waals surface area contributed by atoms with Crippen LogP contribution in [-0.4, -0.2) is 18.6 Å². The average Bonchev–Trinajstić information content (AvgIpc) is 2.47. The first-order chi connectivity index (χ1) is 10.7. The molecule has 124 valence electrons. The number of para-hydroxylation sites is 1. The Kier molecular flexibility index (Phi) is 4.91. The fourth-order valence-corrected chi connectivity index (χ4v) is 2.26. The molecule has 0 aromatic heterocycles. The second-order valence-electron chi connectivity index (χ2n) is 4.60. The lowest BCUT2D eigenvalue weighted by atomic mass is 9.99. The van der Waals surface area contributed by atoms with Gasteiger partial charge in [0.1, 0.15) is 6.10 Å². The quantitative estimate of drug-likeness (QED) is 0.823. The van der Waals surface area contributed by atoms with Gasteiger partial charge >= 0.3 is 6.36 Å². The van der Waals surface area contributed by atoms with Crippen molar-refractivity contribution in [3.63, 3.8) is 0 Å². The molecule has 1 atom stereocenters. The molecule has 0 amide bonds. The maximum atomic E-state index is 12.6. The first kappa shape index (κ1) is 17.2. The summed E-state index contributed by atoms with van der Waals surface area (Å²) in [4.78, 5) is 0. The largest absolute Gasteiger partial charge is 0.573 e. The van der Waals surface area contributed by atoms with Crippen LogP contribution >= 0.6 is 11.6 Å². The predicted molar refractivity (Wildman–Crippen MR) is 79.6 cm³/mol. The highest BCUT2D eigenvalue weighted by Gasteiger charge is 2.35. The van der Waals surface area contributed by atoms with Gasteiger partial charge < -0.3 is 20.3 Å². The van der Waals surface area contributed by atoms with Gasteiger partial charge in [0.25, 0.3) is 0 Å². The molecule has 4 nitrogen and oxygen atoms in total. The zero-order valence-electron chi connectivity index (χ0n) is 11.9. The molecule has 0 heterocycles. The minimum Gasteiger partial charge on any atom is -0.493 e. The summed E-state index contributed by atoms with van der Waals surface area (Å²) in [6, 6.07) is 8.34. The molecule has 2 rings (SSSR count). The SMILES string of the molecule is COc1cccc(C(O)c2cc(Cl)ccc2N)c1OC(F)(F)F. The highest BCUT2D eigenvalue weighted by Crippen LogP contribution is 2.41. The first-order valence-electron chi connectivity index (χ1n) is 6.38. The van der Waals surface area contributed by atoms with E-state index in [-0.39, 0.29) is 27.6 Å². The fraction of sp³-hybridized carbons (Fsp3) is 0.200. The van der Waals surface area contributed by atoms with Gasteiger partial charge in [-0.05, 0) is 24.3 Å². The second-order valence-corrected chi connectivity index (χ2v) is 5.04. The van der Waals surface area contributed by atoms with Crippen LogP contribution in [0.4, 0.5) is 18.9 Å². The van der Waals surface area contributed by atoms with Crippen LogP contribution in [0.3, 0.4) is 0 Å². The van der Waals surface area contributed by atoms with Crippen molar-refractivity contribution in [1.82, 2.24) is 0 Å². The van der Waals surface area contributed by atoms with Crippen LogP contribution < -0.4 is 15.2 Å². The molecule has 0 saturated carbocycles. The number of aliphatic hydroxyl groups is 1. The predicted octanol–water partition coefficient (Wildman–Crippen LogP) is 3.91. The van der Waals surface area contributed by atoms with E-state index in [9.17, 15) is 18.3 Å². The number of ether oxygens (including phenoxy) is 2. The van der Waals surface area contributed by atoms with Gasteiger partial charge in [-0.25, -0.2) is 0 Å². The topological polar surface area (TPSA) is 64.7 Å². The third kappa shape index (κ3) is 4.00. The molecule has 1 unspecified atom stereocenters. The van der Waals surface area contributed by atoms with Crippen LogP contribution in [0.15, 0.2) is 36.4 Å². The highest BCUT2D eigenvalue weighted by atomic mass is 35.5. The van der Waals surface area contributed by atoms with Crippen LogP contribution in [0.25, 0.3) is 0 Å². The number of benzene rings is 2. The summed E-state index contributed by atoms with van der Waals surface area (Å²) in [5.41, 5.74) is 5.97. The molecule has 3 N–H and O–H groups in total. The molecular formula is C15H13ClF3NO3. The third-order valence-corrected chi connectivity index (χ3v) is 3.32. The molecular weight excluding hydrogens is 335 g/mol. The summed E-state index contributed by atoms with van der Waals surface area (Å²) < 4.78 is 46.8. The number of hydrogen-bond acceptors (Lipinski definition) is 4. The maximum Gasteiger partial charge on any atom is 0.573 e. The van der Waals surface area contributed by atoms with E-state index in [1.54, 1.807) is 0 Å². The van der Waals surface area contributed by atoms with E-state index in [1.165, 1.54) is 43.5 Å². The Balaban J connectivity index is 2.55. The van der Waals surface area contributed by atoms with Gasteiger partial charge in [-0.15, -0.1) is 13.2 Å². The molecule has 0 radical (unpaired) electrons. The van der Waals surface area contributed by atoms with Gasteiger partial charge in [-0.2, -0.15) is 0 Å². The summed E-state index contributed by atoms with van der Waals surface area (Å²) in [7, 11) is 1.20. The molecule has 0 aliphatic carbocycles. The zero-order valence-corrected chi connectivity index (χ0v) is 12.7. The van der Waals surface area contributed by atoms with E-state index in [0.717, 1.165) is 0 Å².